The predicted molar refractivity (Wildman–Crippen MR) is 131 cm³/mol. The van der Waals surface area contributed by atoms with Crippen molar-refractivity contribution in [1.29, 1.82) is 0 Å². The van der Waals surface area contributed by atoms with Crippen LogP contribution in [0, 0.1) is 0 Å². The number of nitrogens with one attached hydrogen (secondary N) is 1. The van der Waals surface area contributed by atoms with E-state index in [9.17, 15) is 9.59 Å². The maximum atomic E-state index is 13.6. The Labute approximate surface area is 195 Å². The molecule has 5 rings (SSSR count). The molecule has 1 aromatic heterocycles. The monoisotopic (exact) mass is 443 g/mol. The number of fused-ring (bicyclic) bond motifs is 4. The lowest BCUT2D eigenvalue weighted by atomic mass is 9.85. The number of nitrogens with zero attached hydrogens (tertiary/aromatic N) is 2. The van der Waals surface area contributed by atoms with Crippen molar-refractivity contribution in [2.75, 3.05) is 13.1 Å². The van der Waals surface area contributed by atoms with Crippen LogP contribution in [0.1, 0.15) is 74.4 Å². The van der Waals surface area contributed by atoms with Crippen LogP contribution in [0.4, 0.5) is 0 Å². The smallest absolute Gasteiger partial charge is 0.246 e. The van der Waals surface area contributed by atoms with Crippen LogP contribution >= 0.6 is 0 Å². The summed E-state index contributed by atoms with van der Waals surface area (Å²) in [4.78, 5) is 34.4. The van der Waals surface area contributed by atoms with Crippen molar-refractivity contribution in [1.82, 2.24) is 14.8 Å². The number of aromatic amines is 1. The van der Waals surface area contributed by atoms with Crippen LogP contribution in [0.5, 0.6) is 0 Å². The quantitative estimate of drug-likeness (QED) is 0.535. The topological polar surface area (TPSA) is 56.4 Å². The van der Waals surface area contributed by atoms with E-state index < -0.39 is 6.04 Å². The Hall–Kier alpha value is -3.08. The van der Waals surface area contributed by atoms with Crippen LogP contribution < -0.4 is 0 Å². The van der Waals surface area contributed by atoms with E-state index in [0.717, 1.165) is 41.4 Å². The number of benzene rings is 2. The molecule has 2 aliphatic heterocycles. The van der Waals surface area contributed by atoms with Gasteiger partial charge in [0.15, 0.2) is 0 Å². The Kier molecular flexibility index (Phi) is 5.73. The fourth-order valence-corrected chi connectivity index (χ4v) is 5.47. The zero-order valence-corrected chi connectivity index (χ0v) is 19.8. The first-order valence-corrected chi connectivity index (χ1v) is 12.3. The summed E-state index contributed by atoms with van der Waals surface area (Å²) in [5.41, 5.74) is 5.60. The number of rotatable bonds is 6. The summed E-state index contributed by atoms with van der Waals surface area (Å²) in [6.07, 6.45) is 3.68. The molecule has 33 heavy (non-hydrogen) atoms. The molecule has 0 aliphatic carbocycles. The maximum absolute atomic E-state index is 13.6. The van der Waals surface area contributed by atoms with Gasteiger partial charge in [-0.2, -0.15) is 0 Å². The molecule has 2 aliphatic rings. The third kappa shape index (κ3) is 3.73. The van der Waals surface area contributed by atoms with Gasteiger partial charge in [-0.15, -0.1) is 0 Å². The van der Waals surface area contributed by atoms with E-state index in [1.807, 2.05) is 17.0 Å². The van der Waals surface area contributed by atoms with Gasteiger partial charge < -0.3 is 14.8 Å². The average molecular weight is 444 g/mol. The van der Waals surface area contributed by atoms with Crippen molar-refractivity contribution in [2.45, 2.75) is 64.5 Å². The first-order chi connectivity index (χ1) is 16.0. The minimum Gasteiger partial charge on any atom is -0.356 e. The molecule has 1 N–H and O–H groups in total. The number of hydrogen-bond acceptors (Lipinski definition) is 2. The summed E-state index contributed by atoms with van der Waals surface area (Å²) in [7, 11) is 0. The van der Waals surface area contributed by atoms with Crippen molar-refractivity contribution in [3.8, 4) is 0 Å². The number of amides is 2. The van der Waals surface area contributed by atoms with Crippen LogP contribution in [0.2, 0.25) is 0 Å². The molecule has 5 nitrogen and oxygen atoms in total. The van der Waals surface area contributed by atoms with E-state index in [2.05, 4.69) is 62.2 Å². The van der Waals surface area contributed by atoms with Crippen LogP contribution in [0.25, 0.3) is 10.9 Å². The van der Waals surface area contributed by atoms with Crippen molar-refractivity contribution < 1.29 is 9.59 Å². The lowest BCUT2D eigenvalue weighted by molar-refractivity contribution is -0.158. The second-order valence-electron chi connectivity index (χ2n) is 9.77. The minimum absolute atomic E-state index is 0.0401. The molecule has 0 unspecified atom stereocenters. The number of H-pyrrole nitrogens is 1. The van der Waals surface area contributed by atoms with Gasteiger partial charge >= 0.3 is 0 Å². The van der Waals surface area contributed by atoms with E-state index >= 15 is 0 Å². The van der Waals surface area contributed by atoms with Gasteiger partial charge in [0, 0.05) is 29.6 Å². The number of para-hydroxylation sites is 1. The number of unbranched alkanes of at least 4 members (excludes halogenated alkanes) is 2. The highest BCUT2D eigenvalue weighted by Crippen LogP contribution is 2.42. The molecule has 0 saturated carbocycles. The fourth-order valence-electron chi connectivity index (χ4n) is 5.47. The first-order valence-electron chi connectivity index (χ1n) is 12.3. The van der Waals surface area contributed by atoms with Crippen LogP contribution in [-0.4, -0.2) is 45.7 Å². The predicted octanol–water partition coefficient (Wildman–Crippen LogP) is 5.17. The Bertz CT molecular complexity index is 1180. The Balaban J connectivity index is 1.60. The van der Waals surface area contributed by atoms with Crippen molar-refractivity contribution in [3.05, 3.63) is 70.9 Å². The van der Waals surface area contributed by atoms with Gasteiger partial charge in [-0.3, -0.25) is 9.59 Å². The Morgan fingerprint density at radius 2 is 1.79 bits per heavy atom. The highest BCUT2D eigenvalue weighted by atomic mass is 16.2. The summed E-state index contributed by atoms with van der Waals surface area (Å²) >= 11 is 0. The van der Waals surface area contributed by atoms with Gasteiger partial charge in [0.1, 0.15) is 6.04 Å². The Morgan fingerprint density at radius 3 is 2.52 bits per heavy atom. The molecule has 5 heteroatoms. The molecule has 0 bridgehead atoms. The van der Waals surface area contributed by atoms with Gasteiger partial charge in [-0.1, -0.05) is 76.1 Å². The molecule has 0 radical (unpaired) electrons. The molecular formula is C28H33N3O2. The van der Waals surface area contributed by atoms with Gasteiger partial charge in [-0.25, -0.2) is 0 Å². The maximum Gasteiger partial charge on any atom is 0.246 e. The Morgan fingerprint density at radius 1 is 1.03 bits per heavy atom. The van der Waals surface area contributed by atoms with E-state index in [0.29, 0.717) is 18.9 Å². The van der Waals surface area contributed by atoms with Gasteiger partial charge in [0.2, 0.25) is 11.8 Å². The lowest BCUT2D eigenvalue weighted by Gasteiger charge is -2.47. The average Bonchev–Trinajstić information content (AvgIpc) is 3.19. The molecule has 2 amide bonds. The number of carbonyl (C=O) groups is 2. The van der Waals surface area contributed by atoms with E-state index in [1.54, 1.807) is 4.90 Å². The molecule has 3 aromatic rings. The molecule has 2 atom stereocenters. The molecule has 1 fully saturated rings. The van der Waals surface area contributed by atoms with Crippen LogP contribution in [0.15, 0.2) is 48.5 Å². The standard InChI is InChI=1S/C28H33N3O2/c1-4-5-8-15-30-17-25(32)31-24(28(30)33)16-22-21-9-6-7-10-23(21)29-26(22)27(31)20-13-11-19(12-14-20)18(2)3/h6-7,9-14,18,24,27,29H,4-5,8,15-17H2,1-3H3/t24-,27-/m0/s1. The largest absolute Gasteiger partial charge is 0.356 e. The molecule has 3 heterocycles. The SMILES string of the molecule is CCCCCN1CC(=O)N2[C@@H](c3ccc(C(C)C)cc3)c3[nH]c4ccccc4c3C[C@H]2C1=O. The highest BCUT2D eigenvalue weighted by molar-refractivity contribution is 5.97. The number of hydrogen-bond donors (Lipinski definition) is 1. The molecule has 172 valence electrons. The molecule has 1 saturated heterocycles. The third-order valence-electron chi connectivity index (χ3n) is 7.29. The summed E-state index contributed by atoms with van der Waals surface area (Å²) in [5.74, 6) is 0.570. The van der Waals surface area contributed by atoms with Crippen molar-refractivity contribution in [2.24, 2.45) is 0 Å². The fraction of sp³-hybridized carbons (Fsp3) is 0.429. The van der Waals surface area contributed by atoms with E-state index in [-0.39, 0.29) is 24.4 Å². The van der Waals surface area contributed by atoms with Crippen LogP contribution in [-0.2, 0) is 16.0 Å². The van der Waals surface area contributed by atoms with Gasteiger partial charge in [0.25, 0.3) is 0 Å². The second-order valence-corrected chi connectivity index (χ2v) is 9.77. The summed E-state index contributed by atoms with van der Waals surface area (Å²) in [6.45, 7) is 7.36. The third-order valence-corrected chi connectivity index (χ3v) is 7.29. The molecular weight excluding hydrogens is 410 g/mol. The lowest BCUT2D eigenvalue weighted by Crippen LogP contribution is -2.63. The van der Waals surface area contributed by atoms with Crippen molar-refractivity contribution in [3.63, 3.8) is 0 Å². The number of piperazine rings is 1. The van der Waals surface area contributed by atoms with Crippen molar-refractivity contribution >= 4 is 22.7 Å². The summed E-state index contributed by atoms with van der Waals surface area (Å²) in [6, 6.07) is 16.1. The van der Waals surface area contributed by atoms with E-state index in [1.165, 1.54) is 11.1 Å². The first kappa shape index (κ1) is 21.7. The second kappa shape index (κ2) is 8.69. The van der Waals surface area contributed by atoms with Gasteiger partial charge in [0.05, 0.1) is 12.6 Å². The minimum atomic E-state index is -0.450. The van der Waals surface area contributed by atoms with E-state index in [4.69, 9.17) is 0 Å². The normalized spacial score (nSPS) is 20.5. The molecule has 2 aromatic carbocycles. The number of aromatic nitrogens is 1. The van der Waals surface area contributed by atoms with Crippen LogP contribution in [0.3, 0.4) is 0 Å². The number of carbonyl (C=O) groups excluding carboxylic acids is 2. The van der Waals surface area contributed by atoms with Gasteiger partial charge in [-0.05, 0) is 35.1 Å². The summed E-state index contributed by atoms with van der Waals surface area (Å²) < 4.78 is 0. The highest BCUT2D eigenvalue weighted by Gasteiger charge is 2.48. The zero-order chi connectivity index (χ0) is 23.1. The summed E-state index contributed by atoms with van der Waals surface area (Å²) in [5, 5.41) is 1.15. The zero-order valence-electron chi connectivity index (χ0n) is 19.8. The molecule has 0 spiro atoms.